The van der Waals surface area contributed by atoms with Crippen LogP contribution in [-0.4, -0.2) is 53.5 Å². The summed E-state index contributed by atoms with van der Waals surface area (Å²) in [5.41, 5.74) is 2.52. The molecule has 34 heavy (non-hydrogen) atoms. The Hall–Kier alpha value is -2.68. The maximum atomic E-state index is 13.5. The molecule has 0 amide bonds. The minimum atomic E-state index is -0.643. The number of carbonyl (C=O) groups excluding carboxylic acids is 1. The van der Waals surface area contributed by atoms with Gasteiger partial charge in [0.05, 0.1) is 29.6 Å². The Kier molecular flexibility index (Phi) is 7.12. The van der Waals surface area contributed by atoms with Crippen molar-refractivity contribution in [2.75, 3.05) is 13.9 Å². The number of rotatable bonds is 3. The zero-order valence-electron chi connectivity index (χ0n) is 20.7. The molecule has 184 valence electrons. The first-order valence-electron chi connectivity index (χ1n) is 11.7. The van der Waals surface area contributed by atoms with E-state index in [4.69, 9.17) is 23.7 Å². The predicted octanol–water partition coefficient (Wildman–Crippen LogP) is 4.62. The first-order chi connectivity index (χ1) is 16.2. The first-order valence-corrected chi connectivity index (χ1v) is 11.7. The highest BCUT2D eigenvalue weighted by atomic mass is 16.7. The fraction of sp³-hybridized carbons (Fsp3) is 0.538. The van der Waals surface area contributed by atoms with E-state index in [9.17, 15) is 4.79 Å². The molecule has 0 unspecified atom stereocenters. The SMILES string of the molecule is COCOc1cc2c(ncn2C)c2c1C(=O)O[C@@H](C)[C@H](C)/C=C\C[C@H]1OC(C)(C)O[C@H]1C/C=C/2. The smallest absolute Gasteiger partial charge is 0.342 e. The van der Waals surface area contributed by atoms with E-state index in [0.29, 0.717) is 28.8 Å². The second kappa shape index (κ2) is 9.90. The van der Waals surface area contributed by atoms with E-state index in [1.54, 1.807) is 12.4 Å². The van der Waals surface area contributed by atoms with Gasteiger partial charge in [0.1, 0.15) is 17.4 Å². The lowest BCUT2D eigenvalue weighted by Gasteiger charge is -2.21. The molecule has 0 saturated carbocycles. The molecule has 3 heterocycles. The van der Waals surface area contributed by atoms with Gasteiger partial charge in [-0.05, 0) is 33.6 Å². The van der Waals surface area contributed by atoms with E-state index < -0.39 is 11.8 Å². The lowest BCUT2D eigenvalue weighted by molar-refractivity contribution is -0.145. The van der Waals surface area contributed by atoms with Crippen molar-refractivity contribution in [3.8, 4) is 5.75 Å². The van der Waals surface area contributed by atoms with E-state index in [1.165, 1.54) is 7.11 Å². The molecule has 0 radical (unpaired) electrons. The van der Waals surface area contributed by atoms with Crippen molar-refractivity contribution in [1.29, 1.82) is 0 Å². The van der Waals surface area contributed by atoms with Crippen LogP contribution < -0.4 is 4.74 Å². The van der Waals surface area contributed by atoms with Crippen molar-refractivity contribution in [1.82, 2.24) is 9.55 Å². The monoisotopic (exact) mass is 470 g/mol. The molecule has 2 aliphatic heterocycles. The summed E-state index contributed by atoms with van der Waals surface area (Å²) in [5.74, 6) is -0.690. The Morgan fingerprint density at radius 2 is 1.88 bits per heavy atom. The van der Waals surface area contributed by atoms with Crippen molar-refractivity contribution < 1.29 is 28.5 Å². The minimum absolute atomic E-state index is 0.00546. The molecule has 1 fully saturated rings. The van der Waals surface area contributed by atoms with Crippen molar-refractivity contribution in [2.24, 2.45) is 13.0 Å². The van der Waals surface area contributed by atoms with Crippen LogP contribution in [0.2, 0.25) is 0 Å². The number of cyclic esters (lactones) is 1. The summed E-state index contributed by atoms with van der Waals surface area (Å²) in [6, 6.07) is 1.80. The van der Waals surface area contributed by atoms with Gasteiger partial charge in [0.2, 0.25) is 0 Å². The maximum Gasteiger partial charge on any atom is 0.342 e. The van der Waals surface area contributed by atoms with Crippen LogP contribution in [-0.2, 0) is 26.0 Å². The molecule has 0 spiro atoms. The van der Waals surface area contributed by atoms with Crippen LogP contribution in [0.3, 0.4) is 0 Å². The van der Waals surface area contributed by atoms with Crippen LogP contribution in [0, 0.1) is 5.92 Å². The number of benzene rings is 1. The number of imidazole rings is 1. The lowest BCUT2D eigenvalue weighted by atomic mass is 9.99. The van der Waals surface area contributed by atoms with Crippen molar-refractivity contribution >= 4 is 23.1 Å². The van der Waals surface area contributed by atoms with E-state index >= 15 is 0 Å². The van der Waals surface area contributed by atoms with Crippen LogP contribution in [0.4, 0.5) is 0 Å². The van der Waals surface area contributed by atoms with Crippen LogP contribution in [0.15, 0.2) is 30.6 Å². The molecule has 2 aliphatic rings. The summed E-state index contributed by atoms with van der Waals surface area (Å²) in [6.45, 7) is 7.80. The Bertz CT molecular complexity index is 1100. The molecule has 8 nitrogen and oxygen atoms in total. The number of aromatic nitrogens is 2. The number of esters is 1. The fourth-order valence-electron chi connectivity index (χ4n) is 4.42. The molecule has 1 saturated heterocycles. The number of hydrogen-bond donors (Lipinski definition) is 0. The first kappa shape index (κ1) is 24.4. The largest absolute Gasteiger partial charge is 0.467 e. The van der Waals surface area contributed by atoms with Gasteiger partial charge in [0.15, 0.2) is 12.6 Å². The Morgan fingerprint density at radius 1 is 1.18 bits per heavy atom. The molecule has 1 aromatic heterocycles. The normalized spacial score (nSPS) is 29.1. The van der Waals surface area contributed by atoms with Gasteiger partial charge in [0.25, 0.3) is 0 Å². The summed E-state index contributed by atoms with van der Waals surface area (Å²) in [6.07, 6.45) is 10.6. The quantitative estimate of drug-likeness (QED) is 0.368. The van der Waals surface area contributed by atoms with Gasteiger partial charge < -0.3 is 28.3 Å². The number of carbonyl (C=O) groups is 1. The van der Waals surface area contributed by atoms with Gasteiger partial charge in [-0.15, -0.1) is 0 Å². The van der Waals surface area contributed by atoms with Gasteiger partial charge in [-0.25, -0.2) is 9.78 Å². The number of methoxy groups -OCH3 is 1. The van der Waals surface area contributed by atoms with Gasteiger partial charge in [-0.1, -0.05) is 31.2 Å². The predicted molar refractivity (Wildman–Crippen MR) is 128 cm³/mol. The molecule has 0 aliphatic carbocycles. The highest BCUT2D eigenvalue weighted by molar-refractivity contribution is 6.03. The number of hydrogen-bond acceptors (Lipinski definition) is 7. The van der Waals surface area contributed by atoms with Gasteiger partial charge >= 0.3 is 5.97 Å². The summed E-state index contributed by atoms with van der Waals surface area (Å²) in [7, 11) is 3.44. The number of fused-ring (bicyclic) bond motifs is 4. The van der Waals surface area contributed by atoms with Crippen LogP contribution in [0.25, 0.3) is 17.1 Å². The molecule has 4 atom stereocenters. The van der Waals surface area contributed by atoms with E-state index in [1.807, 2.05) is 51.5 Å². The van der Waals surface area contributed by atoms with Crippen molar-refractivity contribution in [3.63, 3.8) is 0 Å². The van der Waals surface area contributed by atoms with Gasteiger partial charge in [0, 0.05) is 31.7 Å². The Morgan fingerprint density at radius 3 is 2.59 bits per heavy atom. The zero-order valence-corrected chi connectivity index (χ0v) is 20.7. The molecule has 0 N–H and O–H groups in total. The van der Waals surface area contributed by atoms with Gasteiger partial charge in [-0.2, -0.15) is 0 Å². The molecule has 1 aromatic carbocycles. The molecular formula is C26H34N2O6. The van der Waals surface area contributed by atoms with E-state index in [0.717, 1.165) is 11.9 Å². The number of aryl methyl sites for hydroxylation is 1. The van der Waals surface area contributed by atoms with Gasteiger partial charge in [-0.3, -0.25) is 0 Å². The highest BCUT2D eigenvalue weighted by Gasteiger charge is 2.40. The van der Waals surface area contributed by atoms with Crippen LogP contribution in [0.1, 0.15) is 56.5 Å². The zero-order chi connectivity index (χ0) is 24.5. The Labute approximate surface area is 200 Å². The molecule has 4 rings (SSSR count). The average molecular weight is 471 g/mol. The minimum Gasteiger partial charge on any atom is -0.467 e. The standard InChI is InChI=1S/C26H34N2O6/c1-16-9-7-11-20-21(34-26(3,4)33-20)12-8-10-18-23(25(29)32-17(16)2)22(31-15-30-6)13-19-24(18)27-14-28(19)5/h7-10,13-14,16-17,20-21H,11-12,15H2,1-6H3/b9-7-,10-8+/t16-,17+,20-,21+/m1/s1. The molecule has 0 bridgehead atoms. The number of nitrogens with zero attached hydrogens (tertiary/aromatic N) is 2. The third kappa shape index (κ3) is 5.04. The average Bonchev–Trinajstić information content (AvgIpc) is 3.29. The molecular weight excluding hydrogens is 436 g/mol. The molecule has 2 aromatic rings. The number of ether oxygens (including phenoxy) is 5. The summed E-state index contributed by atoms with van der Waals surface area (Å²) >= 11 is 0. The van der Waals surface area contributed by atoms with Crippen molar-refractivity contribution in [3.05, 3.63) is 41.7 Å². The van der Waals surface area contributed by atoms with Crippen molar-refractivity contribution in [2.45, 2.75) is 64.6 Å². The summed E-state index contributed by atoms with van der Waals surface area (Å²) in [5, 5.41) is 0. The van der Waals surface area contributed by atoms with E-state index in [2.05, 4.69) is 17.1 Å². The van der Waals surface area contributed by atoms with E-state index in [-0.39, 0.29) is 31.0 Å². The second-order valence-corrected chi connectivity index (χ2v) is 9.42. The maximum absolute atomic E-state index is 13.5. The third-order valence-corrected chi connectivity index (χ3v) is 6.34. The molecule has 8 heteroatoms. The third-order valence-electron chi connectivity index (χ3n) is 6.34. The summed E-state index contributed by atoms with van der Waals surface area (Å²) < 4.78 is 31.1. The highest BCUT2D eigenvalue weighted by Crippen LogP contribution is 2.35. The fourth-order valence-corrected chi connectivity index (χ4v) is 4.42. The van der Waals surface area contributed by atoms with Crippen LogP contribution in [0.5, 0.6) is 5.75 Å². The topological polar surface area (TPSA) is 81.0 Å². The lowest BCUT2D eigenvalue weighted by Crippen LogP contribution is -2.23. The second-order valence-electron chi connectivity index (χ2n) is 9.42. The summed E-state index contributed by atoms with van der Waals surface area (Å²) in [4.78, 5) is 18.0. The van der Waals surface area contributed by atoms with Crippen LogP contribution >= 0.6 is 0 Å². The Balaban J connectivity index is 1.83.